The van der Waals surface area contributed by atoms with Crippen LogP contribution in [0.4, 0.5) is 0 Å². The average Bonchev–Trinajstić information content (AvgIpc) is 2.01. The van der Waals surface area contributed by atoms with Gasteiger partial charge in [0.05, 0.1) is 0 Å². The Morgan fingerprint density at radius 3 is 2.67 bits per heavy atom. The molecule has 1 aromatic carbocycles. The fraction of sp³-hybridized carbons (Fsp3) is 0.125. The molecule has 0 unspecified atom stereocenters. The molecule has 0 saturated carbocycles. The van der Waals surface area contributed by atoms with Crippen molar-refractivity contribution >= 4 is 17.5 Å². The van der Waals surface area contributed by atoms with Crippen molar-refractivity contribution in [1.29, 1.82) is 0 Å². The summed E-state index contributed by atoms with van der Waals surface area (Å²) in [4.78, 5) is 11.0. The van der Waals surface area contributed by atoms with Crippen LogP contribution in [0.25, 0.3) is 0 Å². The van der Waals surface area contributed by atoms with Crippen molar-refractivity contribution in [2.45, 2.75) is 6.92 Å². The van der Waals surface area contributed by atoms with Gasteiger partial charge in [-0.3, -0.25) is 10.2 Å². The number of carbonyl (C=O) groups is 1. The third kappa shape index (κ3) is 1.96. The lowest BCUT2D eigenvalue weighted by molar-refractivity contribution is 0.0953. The van der Waals surface area contributed by atoms with E-state index in [0.717, 1.165) is 5.56 Å². The van der Waals surface area contributed by atoms with Gasteiger partial charge in [-0.2, -0.15) is 0 Å². The number of hydrogen-bond donors (Lipinski definition) is 2. The maximum atomic E-state index is 11.0. The number of nitrogen functional groups attached to an aromatic ring is 1. The first-order chi connectivity index (χ1) is 5.63. The van der Waals surface area contributed by atoms with E-state index in [4.69, 9.17) is 17.4 Å². The van der Waals surface area contributed by atoms with Crippen molar-refractivity contribution in [3.05, 3.63) is 34.3 Å². The number of carbonyl (C=O) groups excluding carboxylic acids is 1. The van der Waals surface area contributed by atoms with Crippen LogP contribution in [0.1, 0.15) is 15.9 Å². The van der Waals surface area contributed by atoms with Gasteiger partial charge < -0.3 is 0 Å². The monoisotopic (exact) mass is 184 g/mol. The van der Waals surface area contributed by atoms with Crippen LogP contribution in [0.15, 0.2) is 18.2 Å². The second kappa shape index (κ2) is 3.56. The highest BCUT2D eigenvalue weighted by atomic mass is 35.5. The van der Waals surface area contributed by atoms with E-state index >= 15 is 0 Å². The molecule has 12 heavy (non-hydrogen) atoms. The number of aryl methyl sites for hydroxylation is 1. The highest BCUT2D eigenvalue weighted by Crippen LogP contribution is 2.13. The van der Waals surface area contributed by atoms with Gasteiger partial charge in [0.15, 0.2) is 0 Å². The largest absolute Gasteiger partial charge is 0.290 e. The molecule has 0 spiro atoms. The summed E-state index contributed by atoms with van der Waals surface area (Å²) >= 11 is 5.73. The first-order valence-electron chi connectivity index (χ1n) is 3.41. The molecule has 0 radical (unpaired) electrons. The number of rotatable bonds is 1. The van der Waals surface area contributed by atoms with Crippen LogP contribution in [0, 0.1) is 6.92 Å². The fourth-order valence-corrected chi connectivity index (χ4v) is 1.24. The zero-order valence-electron chi connectivity index (χ0n) is 6.60. The standard InChI is InChI=1S/C8H9ClN2O/c1-5-2-6(8(12)11-10)4-7(9)3-5/h2-4H,10H2,1H3,(H,11,12). The van der Waals surface area contributed by atoms with Crippen molar-refractivity contribution in [2.75, 3.05) is 0 Å². The Morgan fingerprint density at radius 2 is 2.17 bits per heavy atom. The minimum absolute atomic E-state index is 0.333. The van der Waals surface area contributed by atoms with E-state index in [1.807, 2.05) is 12.3 Å². The Balaban J connectivity index is 3.08. The summed E-state index contributed by atoms with van der Waals surface area (Å²) < 4.78 is 0. The zero-order chi connectivity index (χ0) is 9.14. The molecule has 0 saturated heterocycles. The molecule has 0 atom stereocenters. The maximum absolute atomic E-state index is 11.0. The number of nitrogens with one attached hydrogen (secondary N) is 1. The minimum Gasteiger partial charge on any atom is -0.290 e. The molecule has 1 aromatic rings. The van der Waals surface area contributed by atoms with Crippen LogP contribution in [0.2, 0.25) is 5.02 Å². The van der Waals surface area contributed by atoms with Gasteiger partial charge >= 0.3 is 0 Å². The van der Waals surface area contributed by atoms with E-state index in [2.05, 4.69) is 0 Å². The van der Waals surface area contributed by atoms with Crippen LogP contribution >= 0.6 is 11.6 Å². The highest BCUT2D eigenvalue weighted by molar-refractivity contribution is 6.31. The number of nitrogens with two attached hydrogens (primary N) is 1. The van der Waals surface area contributed by atoms with Gasteiger partial charge in [0.1, 0.15) is 0 Å². The summed E-state index contributed by atoms with van der Waals surface area (Å²) in [5.41, 5.74) is 3.44. The van der Waals surface area contributed by atoms with Gasteiger partial charge in [-0.05, 0) is 30.7 Å². The van der Waals surface area contributed by atoms with Crippen LogP contribution in [0.5, 0.6) is 0 Å². The first kappa shape index (κ1) is 9.03. The molecule has 0 aliphatic heterocycles. The Labute approximate surface area is 75.5 Å². The summed E-state index contributed by atoms with van der Waals surface area (Å²) in [6.45, 7) is 1.86. The topological polar surface area (TPSA) is 55.1 Å². The van der Waals surface area contributed by atoms with Crippen LogP contribution in [-0.2, 0) is 0 Å². The molecular weight excluding hydrogens is 176 g/mol. The Bertz CT molecular complexity index is 292. The van der Waals surface area contributed by atoms with Crippen LogP contribution < -0.4 is 11.3 Å². The zero-order valence-corrected chi connectivity index (χ0v) is 7.35. The molecule has 1 rings (SSSR count). The predicted octanol–water partition coefficient (Wildman–Crippen LogP) is 1.25. The second-order valence-corrected chi connectivity index (χ2v) is 2.93. The molecule has 64 valence electrons. The average molecular weight is 185 g/mol. The quantitative estimate of drug-likeness (QED) is 0.392. The molecule has 3 N–H and O–H groups in total. The number of benzene rings is 1. The fourth-order valence-electron chi connectivity index (χ4n) is 0.951. The maximum Gasteiger partial charge on any atom is 0.265 e. The lowest BCUT2D eigenvalue weighted by Gasteiger charge is -2.01. The SMILES string of the molecule is Cc1cc(Cl)cc(C(=O)NN)c1. The second-order valence-electron chi connectivity index (χ2n) is 2.49. The highest BCUT2D eigenvalue weighted by Gasteiger charge is 2.04. The third-order valence-electron chi connectivity index (χ3n) is 1.44. The van der Waals surface area contributed by atoms with E-state index in [-0.39, 0.29) is 5.91 Å². The summed E-state index contributed by atoms with van der Waals surface area (Å²) in [6, 6.07) is 5.06. The molecule has 0 bridgehead atoms. The van der Waals surface area contributed by atoms with Crippen LogP contribution in [0.3, 0.4) is 0 Å². The van der Waals surface area contributed by atoms with Gasteiger partial charge in [-0.25, -0.2) is 5.84 Å². The number of amides is 1. The minimum atomic E-state index is -0.333. The lowest BCUT2D eigenvalue weighted by Crippen LogP contribution is -2.29. The van der Waals surface area contributed by atoms with Crippen molar-refractivity contribution in [1.82, 2.24) is 5.43 Å². The van der Waals surface area contributed by atoms with E-state index < -0.39 is 0 Å². The van der Waals surface area contributed by atoms with Gasteiger partial charge in [0, 0.05) is 10.6 Å². The lowest BCUT2D eigenvalue weighted by atomic mass is 10.1. The van der Waals surface area contributed by atoms with Gasteiger partial charge in [-0.1, -0.05) is 11.6 Å². The molecule has 0 aromatic heterocycles. The van der Waals surface area contributed by atoms with Gasteiger partial charge in [0.2, 0.25) is 0 Å². The van der Waals surface area contributed by atoms with Crippen LogP contribution in [-0.4, -0.2) is 5.91 Å². The molecule has 0 aliphatic carbocycles. The third-order valence-corrected chi connectivity index (χ3v) is 1.65. The molecule has 1 amide bonds. The first-order valence-corrected chi connectivity index (χ1v) is 3.79. The number of halogens is 1. The molecule has 3 nitrogen and oxygen atoms in total. The molecule has 0 heterocycles. The van der Waals surface area contributed by atoms with E-state index in [9.17, 15) is 4.79 Å². The summed E-state index contributed by atoms with van der Waals surface area (Å²) in [6.07, 6.45) is 0. The summed E-state index contributed by atoms with van der Waals surface area (Å²) in [7, 11) is 0. The normalized spacial score (nSPS) is 9.58. The number of hydrogen-bond acceptors (Lipinski definition) is 2. The Morgan fingerprint density at radius 1 is 1.50 bits per heavy atom. The van der Waals surface area contributed by atoms with Crippen molar-refractivity contribution in [3.63, 3.8) is 0 Å². The molecule has 4 heteroatoms. The van der Waals surface area contributed by atoms with E-state index in [1.165, 1.54) is 0 Å². The predicted molar refractivity (Wildman–Crippen MR) is 47.8 cm³/mol. The Hall–Kier alpha value is -1.06. The Kier molecular flexibility index (Phi) is 2.68. The summed E-state index contributed by atoms with van der Waals surface area (Å²) in [5.74, 6) is 4.63. The van der Waals surface area contributed by atoms with Gasteiger partial charge in [-0.15, -0.1) is 0 Å². The number of hydrazine groups is 1. The van der Waals surface area contributed by atoms with Crippen molar-refractivity contribution in [3.8, 4) is 0 Å². The van der Waals surface area contributed by atoms with Gasteiger partial charge in [0.25, 0.3) is 5.91 Å². The van der Waals surface area contributed by atoms with Crippen molar-refractivity contribution < 1.29 is 4.79 Å². The molecule has 0 aliphatic rings. The smallest absolute Gasteiger partial charge is 0.265 e. The van der Waals surface area contributed by atoms with Crippen molar-refractivity contribution in [2.24, 2.45) is 5.84 Å². The summed E-state index contributed by atoms with van der Waals surface area (Å²) in [5, 5.41) is 0.536. The molecule has 0 fully saturated rings. The van der Waals surface area contributed by atoms with E-state index in [0.29, 0.717) is 10.6 Å². The van der Waals surface area contributed by atoms with E-state index in [1.54, 1.807) is 18.2 Å². The molecular formula is C8H9ClN2O.